The Morgan fingerprint density at radius 3 is 2.55 bits per heavy atom. The number of aliphatic hydroxyl groups excluding tert-OH is 1. The predicted octanol–water partition coefficient (Wildman–Crippen LogP) is 6.40. The predicted molar refractivity (Wildman–Crippen MR) is 131 cm³/mol. The van der Waals surface area contributed by atoms with Crippen molar-refractivity contribution in [3.05, 3.63) is 11.6 Å². The largest absolute Gasteiger partial charge is 0.392 e. The maximum atomic E-state index is 12.1. The minimum Gasteiger partial charge on any atom is -0.392 e. The average molecular weight is 441 g/mol. The molecule has 0 aromatic rings. The van der Waals surface area contributed by atoms with Gasteiger partial charge in [0.25, 0.3) is 0 Å². The number of hydrogen-bond donors (Lipinski definition) is 1. The molecule has 31 heavy (non-hydrogen) atoms. The third-order valence-corrected chi connectivity index (χ3v) is 11.0. The molecule has 4 rings (SSSR count). The summed E-state index contributed by atoms with van der Waals surface area (Å²) in [5.41, 5.74) is 5.51. The van der Waals surface area contributed by atoms with Gasteiger partial charge in [0.1, 0.15) is 8.07 Å². The molecule has 0 aliphatic heterocycles. The van der Waals surface area contributed by atoms with Crippen LogP contribution in [0, 0.1) is 51.9 Å². The summed E-state index contributed by atoms with van der Waals surface area (Å²) < 4.78 is 0. The van der Waals surface area contributed by atoms with Crippen molar-refractivity contribution >= 4 is 13.9 Å². The molecular weight excluding hydrogens is 396 g/mol. The summed E-state index contributed by atoms with van der Waals surface area (Å²) in [6.45, 7) is 14.1. The molecule has 4 aliphatic rings. The number of hydrogen-bond acceptors (Lipinski definition) is 2. The van der Waals surface area contributed by atoms with Gasteiger partial charge in [0.15, 0.2) is 5.78 Å². The molecule has 172 valence electrons. The molecule has 0 amide bonds. The molecule has 3 fully saturated rings. The van der Waals surface area contributed by atoms with Crippen LogP contribution in [0.5, 0.6) is 0 Å². The Hall–Kier alpha value is -0.853. The second-order valence-corrected chi connectivity index (χ2v) is 17.6. The standard InChI is InChI=1S/C28H44O2Si/c1-19(26(30)8-7-17-31(4,5)6)23-11-12-24-22-10-9-20-18-21(29)13-15-27(20,2)25(22)14-16-28(23,24)3/h18-19,22-26,30H,8-16H2,1-6H3/t19-,22-,23+,24-,25-,26-,27-,28+/m0/s1. The van der Waals surface area contributed by atoms with Crippen molar-refractivity contribution in [3.63, 3.8) is 0 Å². The van der Waals surface area contributed by atoms with Crippen LogP contribution >= 0.6 is 0 Å². The molecule has 3 heteroatoms. The molecule has 2 nitrogen and oxygen atoms in total. The van der Waals surface area contributed by atoms with Gasteiger partial charge < -0.3 is 5.11 Å². The fraction of sp³-hybridized carbons (Fsp3) is 0.821. The molecular formula is C28H44O2Si. The van der Waals surface area contributed by atoms with Crippen LogP contribution in [0.3, 0.4) is 0 Å². The Morgan fingerprint density at radius 1 is 1.10 bits per heavy atom. The van der Waals surface area contributed by atoms with E-state index in [4.69, 9.17) is 0 Å². The van der Waals surface area contributed by atoms with Crippen molar-refractivity contribution in [2.45, 2.75) is 104 Å². The van der Waals surface area contributed by atoms with E-state index < -0.39 is 8.07 Å². The fourth-order valence-corrected chi connectivity index (χ4v) is 8.97. The van der Waals surface area contributed by atoms with E-state index in [9.17, 15) is 9.90 Å². The molecule has 4 aliphatic carbocycles. The molecule has 0 aromatic carbocycles. The Kier molecular flexibility index (Phi) is 6.15. The Labute approximate surface area is 191 Å². The maximum absolute atomic E-state index is 12.1. The summed E-state index contributed by atoms with van der Waals surface area (Å²) in [7, 11) is -1.38. The van der Waals surface area contributed by atoms with Crippen molar-refractivity contribution < 1.29 is 9.90 Å². The van der Waals surface area contributed by atoms with Crippen LogP contribution in [0.1, 0.15) is 78.6 Å². The molecule has 1 N–H and O–H groups in total. The zero-order valence-corrected chi connectivity index (χ0v) is 21.8. The second-order valence-electron chi connectivity index (χ2n) is 12.9. The first-order chi connectivity index (χ1) is 14.5. The van der Waals surface area contributed by atoms with E-state index in [2.05, 4.69) is 51.9 Å². The van der Waals surface area contributed by atoms with E-state index in [-0.39, 0.29) is 11.5 Å². The number of ketones is 1. The van der Waals surface area contributed by atoms with E-state index in [1.807, 2.05) is 6.08 Å². The van der Waals surface area contributed by atoms with Crippen molar-refractivity contribution in [2.75, 3.05) is 0 Å². The third kappa shape index (κ3) is 4.13. The molecule has 3 saturated carbocycles. The van der Waals surface area contributed by atoms with E-state index >= 15 is 0 Å². The normalized spacial score (nSPS) is 41.8. The number of carbonyl (C=O) groups excluding carboxylic acids is 1. The highest BCUT2D eigenvalue weighted by atomic mass is 28.3. The first-order valence-corrected chi connectivity index (χ1v) is 16.4. The zero-order valence-electron chi connectivity index (χ0n) is 20.8. The van der Waals surface area contributed by atoms with Crippen LogP contribution in [0.15, 0.2) is 11.6 Å². The quantitative estimate of drug-likeness (QED) is 0.407. The fourth-order valence-electron chi connectivity index (χ4n) is 8.34. The summed E-state index contributed by atoms with van der Waals surface area (Å²) in [4.78, 5) is 12.1. The van der Waals surface area contributed by atoms with Crippen LogP contribution in [-0.2, 0) is 4.79 Å². The topological polar surface area (TPSA) is 37.3 Å². The van der Waals surface area contributed by atoms with Gasteiger partial charge in [-0.1, -0.05) is 46.0 Å². The lowest BCUT2D eigenvalue weighted by molar-refractivity contribution is -0.117. The van der Waals surface area contributed by atoms with E-state index in [0.717, 1.165) is 37.0 Å². The second kappa shape index (κ2) is 8.18. The van der Waals surface area contributed by atoms with Gasteiger partial charge >= 0.3 is 0 Å². The number of carbonyl (C=O) groups is 1. The van der Waals surface area contributed by atoms with Crippen molar-refractivity contribution in [1.82, 2.24) is 0 Å². The molecule has 0 saturated heterocycles. The number of allylic oxidation sites excluding steroid dienone is 1. The Balaban J connectivity index is 1.50. The van der Waals surface area contributed by atoms with Crippen molar-refractivity contribution in [2.24, 2.45) is 40.4 Å². The lowest BCUT2D eigenvalue weighted by Gasteiger charge is -2.58. The lowest BCUT2D eigenvalue weighted by Crippen LogP contribution is -2.51. The van der Waals surface area contributed by atoms with Gasteiger partial charge in [-0.2, -0.15) is 0 Å². The number of rotatable bonds is 3. The van der Waals surface area contributed by atoms with Crippen LogP contribution in [0.25, 0.3) is 0 Å². The minimum absolute atomic E-state index is 0.258. The van der Waals surface area contributed by atoms with Crippen LogP contribution < -0.4 is 0 Å². The summed E-state index contributed by atoms with van der Waals surface area (Å²) in [6, 6.07) is 0. The maximum Gasteiger partial charge on any atom is 0.155 e. The van der Waals surface area contributed by atoms with E-state index in [1.165, 1.54) is 37.7 Å². The van der Waals surface area contributed by atoms with Crippen molar-refractivity contribution in [1.29, 1.82) is 0 Å². The summed E-state index contributed by atoms with van der Waals surface area (Å²) >= 11 is 0. The van der Waals surface area contributed by atoms with Gasteiger partial charge in [-0.25, -0.2) is 0 Å². The molecule has 8 atom stereocenters. The van der Waals surface area contributed by atoms with Gasteiger partial charge in [0.2, 0.25) is 0 Å². The molecule has 0 heterocycles. The van der Waals surface area contributed by atoms with Crippen LogP contribution in [-0.4, -0.2) is 25.1 Å². The molecule has 0 spiro atoms. The molecule has 0 radical (unpaired) electrons. The summed E-state index contributed by atoms with van der Waals surface area (Å²) in [6.07, 6.45) is 11.7. The molecule has 0 unspecified atom stereocenters. The van der Waals surface area contributed by atoms with E-state index in [1.54, 1.807) is 0 Å². The summed E-state index contributed by atoms with van der Waals surface area (Å²) in [5, 5.41) is 11.0. The highest BCUT2D eigenvalue weighted by Crippen LogP contribution is 2.67. The highest BCUT2D eigenvalue weighted by molar-refractivity contribution is 6.83. The number of fused-ring (bicyclic) bond motifs is 5. The third-order valence-electron chi connectivity index (χ3n) is 10.1. The first kappa shape index (κ1) is 23.3. The minimum atomic E-state index is -1.38. The monoisotopic (exact) mass is 440 g/mol. The molecule has 0 aromatic heterocycles. The lowest BCUT2D eigenvalue weighted by atomic mass is 9.46. The number of aliphatic hydroxyl groups is 1. The SMILES string of the molecule is C[C@@H]([C@H]1CC[C@H]2[C@@H]3CCC4=CC(=O)CC[C@]4(C)[C@H]3CC[C@]12C)[C@@H](O)CC#C[Si](C)(C)C. The van der Waals surface area contributed by atoms with Gasteiger partial charge in [-0.15, -0.1) is 11.5 Å². The van der Waals surface area contributed by atoms with Gasteiger partial charge in [0, 0.05) is 12.8 Å². The Bertz CT molecular complexity index is 811. The Morgan fingerprint density at radius 2 is 1.84 bits per heavy atom. The van der Waals surface area contributed by atoms with Crippen LogP contribution in [0.2, 0.25) is 19.6 Å². The van der Waals surface area contributed by atoms with Crippen molar-refractivity contribution in [3.8, 4) is 11.5 Å². The smallest absolute Gasteiger partial charge is 0.155 e. The first-order valence-electron chi connectivity index (χ1n) is 12.9. The molecule has 0 bridgehead atoms. The van der Waals surface area contributed by atoms with E-state index in [0.29, 0.717) is 29.5 Å². The average Bonchev–Trinajstić information content (AvgIpc) is 3.04. The zero-order chi connectivity index (χ0) is 22.6. The van der Waals surface area contributed by atoms with Gasteiger partial charge in [-0.05, 0) is 91.4 Å². The van der Waals surface area contributed by atoms with Crippen LogP contribution in [0.4, 0.5) is 0 Å². The highest BCUT2D eigenvalue weighted by Gasteiger charge is 2.59. The van der Waals surface area contributed by atoms with Gasteiger partial charge in [-0.3, -0.25) is 4.79 Å². The van der Waals surface area contributed by atoms with Gasteiger partial charge in [0.05, 0.1) is 6.10 Å². The summed E-state index contributed by atoms with van der Waals surface area (Å²) in [5.74, 6) is 6.95.